The lowest BCUT2D eigenvalue weighted by Crippen LogP contribution is -2.38. The summed E-state index contributed by atoms with van der Waals surface area (Å²) in [4.78, 5) is 11.8. The number of aromatic nitrogens is 2. The van der Waals surface area contributed by atoms with E-state index in [2.05, 4.69) is 46.7 Å². The van der Waals surface area contributed by atoms with Crippen molar-refractivity contribution >= 4 is 24.0 Å². The maximum absolute atomic E-state index is 11.8. The van der Waals surface area contributed by atoms with E-state index in [1.807, 2.05) is 24.3 Å². The highest BCUT2D eigenvalue weighted by molar-refractivity contribution is 5.95. The van der Waals surface area contributed by atoms with Crippen molar-refractivity contribution in [2.24, 2.45) is 5.73 Å². The topological polar surface area (TPSA) is 104 Å². The monoisotopic (exact) mass is 386 g/mol. The molecule has 0 aliphatic rings. The number of halogens is 1. The van der Waals surface area contributed by atoms with Gasteiger partial charge < -0.3 is 16.2 Å². The number of benzene rings is 2. The second-order valence-corrected chi connectivity index (χ2v) is 6.08. The van der Waals surface area contributed by atoms with Crippen molar-refractivity contribution in [1.29, 1.82) is 0 Å². The normalized spacial score (nSPS) is 11.5. The molecule has 142 valence electrons. The summed E-state index contributed by atoms with van der Waals surface area (Å²) in [7, 11) is 0. The van der Waals surface area contributed by atoms with Crippen LogP contribution in [-0.2, 0) is 11.2 Å². The number of aliphatic hydroxyl groups excluding tert-OH is 1. The third-order valence-electron chi connectivity index (χ3n) is 4.21. The Hall–Kier alpha value is -2.67. The van der Waals surface area contributed by atoms with Crippen LogP contribution in [0.3, 0.4) is 0 Å². The Bertz CT molecular complexity index is 893. The van der Waals surface area contributed by atoms with Gasteiger partial charge in [0, 0.05) is 11.3 Å². The number of hydrogen-bond donors (Lipinski definition) is 4. The summed E-state index contributed by atoms with van der Waals surface area (Å²) in [5, 5.41) is 19.1. The van der Waals surface area contributed by atoms with Crippen LogP contribution in [0.1, 0.15) is 12.5 Å². The molecule has 1 atom stereocenters. The number of hydrogen-bond acceptors (Lipinski definition) is 4. The van der Waals surface area contributed by atoms with Gasteiger partial charge in [0.25, 0.3) is 0 Å². The van der Waals surface area contributed by atoms with Gasteiger partial charge in [0.05, 0.1) is 18.0 Å². The van der Waals surface area contributed by atoms with E-state index in [-0.39, 0.29) is 12.4 Å². The Balaban J connectivity index is 0.00000261. The van der Waals surface area contributed by atoms with Crippen LogP contribution >= 0.6 is 12.4 Å². The highest BCUT2D eigenvalue weighted by Crippen LogP contribution is 2.26. The molecular formula is C20H23ClN4O2. The number of anilines is 1. The van der Waals surface area contributed by atoms with Gasteiger partial charge in [0.15, 0.2) is 0 Å². The van der Waals surface area contributed by atoms with Crippen molar-refractivity contribution in [1.82, 2.24) is 10.2 Å². The molecule has 27 heavy (non-hydrogen) atoms. The van der Waals surface area contributed by atoms with Crippen LogP contribution in [0.2, 0.25) is 0 Å². The van der Waals surface area contributed by atoms with Crippen molar-refractivity contribution in [2.75, 3.05) is 11.9 Å². The van der Waals surface area contributed by atoms with Gasteiger partial charge in [-0.3, -0.25) is 9.89 Å². The molecule has 0 saturated carbocycles. The maximum Gasteiger partial charge on any atom is 0.243 e. The number of nitrogens with two attached hydrogens (primary N) is 1. The molecule has 3 rings (SSSR count). The number of rotatable bonds is 6. The summed E-state index contributed by atoms with van der Waals surface area (Å²) in [6.45, 7) is 1.73. The molecule has 0 radical (unpaired) electrons. The number of aromatic amines is 1. The first-order valence-corrected chi connectivity index (χ1v) is 8.53. The Kier molecular flexibility index (Phi) is 7.12. The number of amides is 1. The summed E-state index contributed by atoms with van der Waals surface area (Å²) in [6.07, 6.45) is 1.01. The van der Waals surface area contributed by atoms with Gasteiger partial charge in [-0.15, -0.1) is 12.4 Å². The van der Waals surface area contributed by atoms with E-state index in [1.54, 1.807) is 6.07 Å². The fraction of sp³-hybridized carbons (Fsp3) is 0.200. The number of aliphatic hydroxyl groups is 1. The molecule has 0 fully saturated rings. The van der Waals surface area contributed by atoms with E-state index in [0.717, 1.165) is 28.9 Å². The van der Waals surface area contributed by atoms with Gasteiger partial charge in [0.2, 0.25) is 5.91 Å². The van der Waals surface area contributed by atoms with Crippen LogP contribution in [0.15, 0.2) is 54.6 Å². The lowest BCUT2D eigenvalue weighted by Gasteiger charge is -2.10. The first-order chi connectivity index (χ1) is 12.6. The number of nitrogens with one attached hydrogen (secondary N) is 2. The molecule has 0 spiro atoms. The fourth-order valence-electron chi connectivity index (χ4n) is 2.61. The molecule has 1 heterocycles. The third-order valence-corrected chi connectivity index (χ3v) is 4.21. The predicted octanol–water partition coefficient (Wildman–Crippen LogP) is 2.99. The second-order valence-electron chi connectivity index (χ2n) is 6.08. The number of carbonyl (C=O) groups excluding carboxylic acids is 1. The Morgan fingerprint density at radius 2 is 1.93 bits per heavy atom. The van der Waals surface area contributed by atoms with Crippen LogP contribution in [0.25, 0.3) is 22.5 Å². The number of carbonyl (C=O) groups is 1. The molecule has 0 aliphatic heterocycles. The van der Waals surface area contributed by atoms with E-state index in [1.165, 1.54) is 5.56 Å². The Morgan fingerprint density at radius 1 is 1.19 bits per heavy atom. The van der Waals surface area contributed by atoms with Crippen molar-refractivity contribution < 1.29 is 9.90 Å². The van der Waals surface area contributed by atoms with Crippen molar-refractivity contribution in [3.63, 3.8) is 0 Å². The average molecular weight is 387 g/mol. The number of H-pyrrole nitrogens is 1. The van der Waals surface area contributed by atoms with Crippen molar-refractivity contribution in [3.05, 3.63) is 60.2 Å². The first-order valence-electron chi connectivity index (χ1n) is 8.53. The van der Waals surface area contributed by atoms with Crippen LogP contribution in [-0.4, -0.2) is 33.9 Å². The average Bonchev–Trinajstić information content (AvgIpc) is 3.18. The van der Waals surface area contributed by atoms with E-state index < -0.39 is 18.6 Å². The lowest BCUT2D eigenvalue weighted by molar-refractivity contribution is -0.118. The van der Waals surface area contributed by atoms with E-state index in [4.69, 9.17) is 10.8 Å². The largest absolute Gasteiger partial charge is 0.394 e. The zero-order valence-electron chi connectivity index (χ0n) is 15.0. The highest BCUT2D eigenvalue weighted by atomic mass is 35.5. The van der Waals surface area contributed by atoms with Gasteiger partial charge in [-0.05, 0) is 35.7 Å². The van der Waals surface area contributed by atoms with Crippen LogP contribution in [0, 0.1) is 0 Å². The standard InChI is InChI=1S/C20H22N4O2.ClH/c1-2-13-6-8-14(9-7-13)18-11-19(24-23-18)15-4-3-5-16(10-15)22-20(26)17(21)12-25;/h3-11,17,25H,2,12,21H2,1H3,(H,22,26)(H,23,24);1H/t17-;/m0./s1. The quantitative estimate of drug-likeness (QED) is 0.522. The van der Waals surface area contributed by atoms with Gasteiger partial charge in [-0.1, -0.05) is 43.3 Å². The molecule has 1 amide bonds. The van der Waals surface area contributed by atoms with E-state index in [0.29, 0.717) is 5.69 Å². The van der Waals surface area contributed by atoms with Crippen LogP contribution in [0.4, 0.5) is 5.69 Å². The highest BCUT2D eigenvalue weighted by Gasteiger charge is 2.13. The number of aryl methyl sites for hydroxylation is 1. The minimum absolute atomic E-state index is 0. The third kappa shape index (κ3) is 4.95. The van der Waals surface area contributed by atoms with Crippen LogP contribution in [0.5, 0.6) is 0 Å². The van der Waals surface area contributed by atoms with Gasteiger partial charge in [0.1, 0.15) is 6.04 Å². The molecule has 5 N–H and O–H groups in total. The minimum Gasteiger partial charge on any atom is -0.394 e. The maximum atomic E-state index is 11.8. The molecular weight excluding hydrogens is 364 g/mol. The smallest absolute Gasteiger partial charge is 0.243 e. The molecule has 0 unspecified atom stereocenters. The van der Waals surface area contributed by atoms with Gasteiger partial charge in [-0.2, -0.15) is 5.10 Å². The van der Waals surface area contributed by atoms with Crippen LogP contribution < -0.4 is 11.1 Å². The molecule has 0 aliphatic carbocycles. The SMILES string of the molecule is CCc1ccc(-c2cc(-c3cccc(NC(=O)[C@@H](N)CO)c3)n[nH]2)cc1.Cl. The summed E-state index contributed by atoms with van der Waals surface area (Å²) in [5.74, 6) is -0.427. The Morgan fingerprint density at radius 3 is 2.59 bits per heavy atom. The zero-order chi connectivity index (χ0) is 18.5. The Labute approximate surface area is 164 Å². The molecule has 3 aromatic rings. The predicted molar refractivity (Wildman–Crippen MR) is 110 cm³/mol. The molecule has 1 aromatic heterocycles. The van der Waals surface area contributed by atoms with Gasteiger partial charge >= 0.3 is 0 Å². The summed E-state index contributed by atoms with van der Waals surface area (Å²) >= 11 is 0. The molecule has 2 aromatic carbocycles. The van der Waals surface area contributed by atoms with E-state index in [9.17, 15) is 4.79 Å². The molecule has 0 bridgehead atoms. The van der Waals surface area contributed by atoms with Crippen molar-refractivity contribution in [3.8, 4) is 22.5 Å². The summed E-state index contributed by atoms with van der Waals surface area (Å²) in [6, 6.07) is 16.7. The summed E-state index contributed by atoms with van der Waals surface area (Å²) in [5.41, 5.74) is 11.1. The van der Waals surface area contributed by atoms with E-state index >= 15 is 0 Å². The fourth-order valence-corrected chi connectivity index (χ4v) is 2.61. The lowest BCUT2D eigenvalue weighted by atomic mass is 10.1. The number of nitrogens with zero attached hydrogens (tertiary/aromatic N) is 1. The first kappa shape index (κ1) is 20.6. The minimum atomic E-state index is -0.943. The zero-order valence-corrected chi connectivity index (χ0v) is 15.8. The summed E-state index contributed by atoms with van der Waals surface area (Å²) < 4.78 is 0. The van der Waals surface area contributed by atoms with Gasteiger partial charge in [-0.25, -0.2) is 0 Å². The van der Waals surface area contributed by atoms with Crippen molar-refractivity contribution in [2.45, 2.75) is 19.4 Å². The molecule has 6 nitrogen and oxygen atoms in total. The molecule has 7 heteroatoms. The molecule has 0 saturated heterocycles. The second kappa shape index (κ2) is 9.32.